The van der Waals surface area contributed by atoms with Gasteiger partial charge in [0.1, 0.15) is 0 Å². The minimum atomic E-state index is 0.351. The maximum atomic E-state index is 8.74. The Morgan fingerprint density at radius 3 is 1.84 bits per heavy atom. The Balaban J connectivity index is 3.58. The van der Waals surface area contributed by atoms with Crippen LogP contribution in [0.15, 0.2) is 0 Å². The molecule has 0 aliphatic carbocycles. The van der Waals surface area contributed by atoms with Gasteiger partial charge in [0.05, 0.1) is 0 Å². The molecule has 0 unspecified atom stereocenters. The number of aliphatic hydroxyl groups excluding tert-OH is 1. The number of rotatable bonds is 15. The summed E-state index contributed by atoms with van der Waals surface area (Å²) in [6, 6.07) is 0.746. The highest BCUT2D eigenvalue weighted by molar-refractivity contribution is 4.67. The normalized spacial score (nSPS) is 11.4. The first-order chi connectivity index (χ1) is 9.35. The van der Waals surface area contributed by atoms with E-state index in [1.165, 1.54) is 70.6 Å². The maximum absolute atomic E-state index is 8.74. The first kappa shape index (κ1) is 18.9. The van der Waals surface area contributed by atoms with Crippen molar-refractivity contribution < 1.29 is 5.11 Å². The van der Waals surface area contributed by atoms with E-state index < -0.39 is 0 Å². The maximum Gasteiger partial charge on any atom is 0.0431 e. The number of unbranched alkanes of at least 4 members (excludes halogenated alkanes) is 7. The Morgan fingerprint density at radius 2 is 1.32 bits per heavy atom. The van der Waals surface area contributed by atoms with Crippen molar-refractivity contribution in [2.24, 2.45) is 0 Å². The van der Waals surface area contributed by atoms with Crippen molar-refractivity contribution >= 4 is 0 Å². The largest absolute Gasteiger partial charge is 0.396 e. The van der Waals surface area contributed by atoms with Crippen LogP contribution in [0.3, 0.4) is 0 Å². The van der Waals surface area contributed by atoms with Crippen LogP contribution in [-0.4, -0.2) is 24.3 Å². The molecule has 0 atom stereocenters. The van der Waals surface area contributed by atoms with Gasteiger partial charge in [-0.15, -0.1) is 0 Å². The van der Waals surface area contributed by atoms with Gasteiger partial charge in [0.15, 0.2) is 0 Å². The topological polar surface area (TPSA) is 32.3 Å². The van der Waals surface area contributed by atoms with Gasteiger partial charge in [-0.25, -0.2) is 0 Å². The highest BCUT2D eigenvalue weighted by Crippen LogP contribution is 2.11. The summed E-state index contributed by atoms with van der Waals surface area (Å²) in [4.78, 5) is 0. The van der Waals surface area contributed by atoms with E-state index in [9.17, 15) is 0 Å². The number of nitrogens with one attached hydrogen (secondary N) is 1. The summed E-state index contributed by atoms with van der Waals surface area (Å²) >= 11 is 0. The third-order valence-corrected chi connectivity index (χ3v) is 3.83. The average Bonchev–Trinajstić information content (AvgIpc) is 2.42. The van der Waals surface area contributed by atoms with Gasteiger partial charge in [0.2, 0.25) is 0 Å². The van der Waals surface area contributed by atoms with Crippen molar-refractivity contribution in [2.45, 2.75) is 96.9 Å². The average molecular weight is 271 g/mol. The highest BCUT2D eigenvalue weighted by Gasteiger charge is 2.06. The van der Waals surface area contributed by atoms with E-state index in [-0.39, 0.29) is 0 Å². The standard InChI is InChI=1S/C17H37NO/c1-3-5-9-13-17(14-10-6-4-2)18-15-11-7-8-12-16-19/h17-19H,3-16H2,1-2H3. The fourth-order valence-corrected chi connectivity index (χ4v) is 2.53. The summed E-state index contributed by atoms with van der Waals surface area (Å²) in [6.07, 6.45) is 15.5. The molecule has 0 spiro atoms. The minimum Gasteiger partial charge on any atom is -0.396 e. The van der Waals surface area contributed by atoms with E-state index in [0.717, 1.165) is 19.0 Å². The lowest BCUT2D eigenvalue weighted by atomic mass is 10.0. The lowest BCUT2D eigenvalue weighted by Crippen LogP contribution is -2.30. The third-order valence-electron chi connectivity index (χ3n) is 3.83. The number of aliphatic hydroxyl groups is 1. The van der Waals surface area contributed by atoms with E-state index in [4.69, 9.17) is 5.11 Å². The van der Waals surface area contributed by atoms with Crippen molar-refractivity contribution in [3.05, 3.63) is 0 Å². The molecule has 0 fully saturated rings. The Hall–Kier alpha value is -0.0800. The van der Waals surface area contributed by atoms with Crippen molar-refractivity contribution in [3.8, 4) is 0 Å². The predicted molar refractivity (Wildman–Crippen MR) is 85.6 cm³/mol. The molecule has 0 heterocycles. The van der Waals surface area contributed by atoms with Gasteiger partial charge < -0.3 is 10.4 Å². The van der Waals surface area contributed by atoms with Crippen LogP contribution in [0.1, 0.15) is 90.9 Å². The molecular weight excluding hydrogens is 234 g/mol. The molecule has 0 bridgehead atoms. The van der Waals surface area contributed by atoms with E-state index in [2.05, 4.69) is 19.2 Å². The van der Waals surface area contributed by atoms with E-state index in [0.29, 0.717) is 6.61 Å². The van der Waals surface area contributed by atoms with Gasteiger partial charge in [-0.2, -0.15) is 0 Å². The first-order valence-electron chi connectivity index (χ1n) is 8.69. The monoisotopic (exact) mass is 271 g/mol. The van der Waals surface area contributed by atoms with Gasteiger partial charge >= 0.3 is 0 Å². The van der Waals surface area contributed by atoms with Crippen LogP contribution in [0.2, 0.25) is 0 Å². The van der Waals surface area contributed by atoms with Crippen LogP contribution in [0.4, 0.5) is 0 Å². The van der Waals surface area contributed by atoms with Crippen molar-refractivity contribution in [2.75, 3.05) is 13.2 Å². The lowest BCUT2D eigenvalue weighted by Gasteiger charge is -2.18. The highest BCUT2D eigenvalue weighted by atomic mass is 16.2. The second kappa shape index (κ2) is 16.0. The molecule has 0 aliphatic rings. The van der Waals surface area contributed by atoms with Crippen LogP contribution >= 0.6 is 0 Å². The molecule has 0 amide bonds. The molecular formula is C17H37NO. The van der Waals surface area contributed by atoms with Crippen molar-refractivity contribution in [1.82, 2.24) is 5.32 Å². The summed E-state index contributed by atoms with van der Waals surface area (Å²) in [6.45, 7) is 6.07. The fraction of sp³-hybridized carbons (Fsp3) is 1.00. The van der Waals surface area contributed by atoms with Gasteiger partial charge in [-0.05, 0) is 32.2 Å². The van der Waals surface area contributed by atoms with Crippen LogP contribution in [-0.2, 0) is 0 Å². The minimum absolute atomic E-state index is 0.351. The molecule has 0 radical (unpaired) electrons. The number of hydrogen-bond donors (Lipinski definition) is 2. The molecule has 19 heavy (non-hydrogen) atoms. The fourth-order valence-electron chi connectivity index (χ4n) is 2.53. The zero-order chi connectivity index (χ0) is 14.2. The van der Waals surface area contributed by atoms with Crippen LogP contribution < -0.4 is 5.32 Å². The molecule has 0 aromatic rings. The quantitative estimate of drug-likeness (QED) is 0.425. The second-order valence-electron chi connectivity index (χ2n) is 5.78. The molecule has 0 saturated heterocycles. The SMILES string of the molecule is CCCCCC(CCCCC)NCCCCCCO. The molecule has 2 N–H and O–H groups in total. The zero-order valence-corrected chi connectivity index (χ0v) is 13.4. The van der Waals surface area contributed by atoms with E-state index in [1.54, 1.807) is 0 Å². The van der Waals surface area contributed by atoms with Crippen LogP contribution in [0, 0.1) is 0 Å². The molecule has 0 aromatic heterocycles. The number of hydrogen-bond acceptors (Lipinski definition) is 2. The summed E-state index contributed by atoms with van der Waals surface area (Å²) in [5, 5.41) is 12.5. The molecule has 0 aliphatic heterocycles. The smallest absolute Gasteiger partial charge is 0.0431 e. The summed E-state index contributed by atoms with van der Waals surface area (Å²) < 4.78 is 0. The van der Waals surface area contributed by atoms with Gasteiger partial charge in [-0.1, -0.05) is 65.2 Å². The Kier molecular flexibility index (Phi) is 15.9. The van der Waals surface area contributed by atoms with Gasteiger partial charge in [0, 0.05) is 12.6 Å². The summed E-state index contributed by atoms with van der Waals surface area (Å²) in [5.74, 6) is 0. The Morgan fingerprint density at radius 1 is 0.737 bits per heavy atom. The summed E-state index contributed by atoms with van der Waals surface area (Å²) in [5.41, 5.74) is 0. The van der Waals surface area contributed by atoms with E-state index in [1.807, 2.05) is 0 Å². The molecule has 2 heteroatoms. The lowest BCUT2D eigenvalue weighted by molar-refractivity contribution is 0.282. The van der Waals surface area contributed by atoms with Gasteiger partial charge in [-0.3, -0.25) is 0 Å². The molecule has 116 valence electrons. The van der Waals surface area contributed by atoms with Crippen LogP contribution in [0.25, 0.3) is 0 Å². The Labute approximate surface area is 121 Å². The Bertz CT molecular complexity index is 151. The molecule has 2 nitrogen and oxygen atoms in total. The summed E-state index contributed by atoms with van der Waals surface area (Å²) in [7, 11) is 0. The van der Waals surface area contributed by atoms with Crippen LogP contribution in [0.5, 0.6) is 0 Å². The van der Waals surface area contributed by atoms with Crippen molar-refractivity contribution in [1.29, 1.82) is 0 Å². The van der Waals surface area contributed by atoms with Gasteiger partial charge in [0.25, 0.3) is 0 Å². The predicted octanol–water partition coefficient (Wildman–Crippen LogP) is 4.66. The first-order valence-corrected chi connectivity index (χ1v) is 8.69. The molecule has 0 aromatic carbocycles. The molecule has 0 saturated carbocycles. The van der Waals surface area contributed by atoms with E-state index >= 15 is 0 Å². The molecule has 0 rings (SSSR count). The van der Waals surface area contributed by atoms with Crippen molar-refractivity contribution in [3.63, 3.8) is 0 Å². The second-order valence-corrected chi connectivity index (χ2v) is 5.78. The third kappa shape index (κ3) is 14.1. The zero-order valence-electron chi connectivity index (χ0n) is 13.4.